The first-order chi connectivity index (χ1) is 32.5. The summed E-state index contributed by atoms with van der Waals surface area (Å²) in [5.74, 6) is 1.00. The third-order valence-corrected chi connectivity index (χ3v) is 12.1. The van der Waals surface area contributed by atoms with Crippen molar-refractivity contribution in [2.24, 2.45) is 10.1 Å². The van der Waals surface area contributed by atoms with Gasteiger partial charge in [0.2, 0.25) is 12.0 Å². The van der Waals surface area contributed by atoms with Gasteiger partial charge in [-0.25, -0.2) is 0 Å². The molecule has 2 aliphatic rings. The van der Waals surface area contributed by atoms with Crippen LogP contribution in [0.25, 0.3) is 38.6 Å². The molecule has 0 N–H and O–H groups in total. The van der Waals surface area contributed by atoms with E-state index in [0.29, 0.717) is 11.7 Å². The molecular weight excluding hydrogens is 809 g/mol. The van der Waals surface area contributed by atoms with Crippen LogP contribution in [0, 0.1) is 18.0 Å². The summed E-state index contributed by atoms with van der Waals surface area (Å²) in [7, 11) is 3.83. The van der Waals surface area contributed by atoms with E-state index in [-0.39, 0.29) is 0 Å². The van der Waals surface area contributed by atoms with Gasteiger partial charge >= 0.3 is 0 Å². The van der Waals surface area contributed by atoms with Crippen molar-refractivity contribution in [2.75, 3.05) is 23.9 Å². The predicted octanol–water partition coefficient (Wildman–Crippen LogP) is 14.1. The summed E-state index contributed by atoms with van der Waals surface area (Å²) in [6.07, 6.45) is 2.05. The van der Waals surface area contributed by atoms with Crippen molar-refractivity contribution < 1.29 is 0 Å². The Morgan fingerprint density at radius 2 is 0.667 bits per heavy atom. The highest BCUT2D eigenvalue weighted by Crippen LogP contribution is 2.47. The van der Waals surface area contributed by atoms with E-state index < -0.39 is 0 Å². The van der Waals surface area contributed by atoms with Crippen LogP contribution in [0.1, 0.15) is 11.1 Å². The van der Waals surface area contributed by atoms with Gasteiger partial charge in [0, 0.05) is 48.2 Å². The molecule has 0 amide bonds. The molecule has 0 unspecified atom stereocenters. The smallest absolute Gasteiger partial charge is 0.226 e. The van der Waals surface area contributed by atoms with Crippen LogP contribution in [0.15, 0.2) is 240 Å². The van der Waals surface area contributed by atoms with Crippen LogP contribution in [-0.2, 0) is 0 Å². The minimum absolute atomic E-state index is 0.502. The van der Waals surface area contributed by atoms with E-state index >= 15 is 0 Å². The third kappa shape index (κ3) is 7.55. The van der Waals surface area contributed by atoms with Gasteiger partial charge in [-0.1, -0.05) is 146 Å². The molecule has 0 spiro atoms. The summed E-state index contributed by atoms with van der Waals surface area (Å²) < 4.78 is 0. The lowest BCUT2D eigenvalue weighted by Gasteiger charge is -2.25. The summed E-state index contributed by atoms with van der Waals surface area (Å²) >= 11 is 0. The molecule has 0 aliphatic carbocycles. The Morgan fingerprint density at radius 3 is 0.985 bits per heavy atom. The Kier molecular flexibility index (Phi) is 11.0. The van der Waals surface area contributed by atoms with Gasteiger partial charge in [0.1, 0.15) is 5.10 Å². The van der Waals surface area contributed by atoms with E-state index in [4.69, 9.17) is 6.57 Å². The second kappa shape index (κ2) is 17.9. The molecule has 8 aromatic rings. The minimum Gasteiger partial charge on any atom is -0.327 e. The van der Waals surface area contributed by atoms with Gasteiger partial charge in [0.05, 0.1) is 22.5 Å². The number of nitriles is 1. The molecule has 0 fully saturated rings. The lowest BCUT2D eigenvalue weighted by Crippen LogP contribution is -2.25. The van der Waals surface area contributed by atoms with Crippen LogP contribution < -0.4 is 9.80 Å². The zero-order chi connectivity index (χ0) is 45.0. The number of anilines is 6. The first-order valence-corrected chi connectivity index (χ1v) is 21.6. The quantitative estimate of drug-likeness (QED) is 0.0779. The molecule has 0 saturated heterocycles. The average molecular weight is 851 g/mol. The standard InChI is InChI=1S/C58H42N8/c1-60-62-58-54-53(55(64(58)3)45-28-24-41(25-29-45)43-32-36-51(37-33-43)65(47-16-8-4-9-17-47)48-18-10-5-11-19-48)57(61-40-59)63(2)56(54)46-30-26-42(27-31-46)44-34-38-52(39-35-44)66(49-20-12-6-13-21-49)50-22-14-7-15-23-50/h4-39H,2-3H3. The molecular formula is C58H42N8. The van der Waals surface area contributed by atoms with Crippen molar-refractivity contribution in [1.82, 2.24) is 9.80 Å². The van der Waals surface area contributed by atoms with Gasteiger partial charge in [-0.3, -0.25) is 0 Å². The first-order valence-electron chi connectivity index (χ1n) is 21.6. The highest BCUT2D eigenvalue weighted by atomic mass is 15.3. The van der Waals surface area contributed by atoms with Crippen LogP contribution in [0.2, 0.25) is 0 Å². The number of likely N-dealkylation sites (N-methyl/N-ethyl adjacent to an activating group) is 2. The second-order valence-electron chi connectivity index (χ2n) is 15.9. The molecule has 8 aromatic carbocycles. The van der Waals surface area contributed by atoms with Crippen LogP contribution in [-0.4, -0.2) is 35.6 Å². The maximum absolute atomic E-state index is 10.0. The molecule has 0 atom stereocenters. The Balaban J connectivity index is 0.967. The van der Waals surface area contributed by atoms with E-state index in [2.05, 4.69) is 219 Å². The zero-order valence-corrected chi connectivity index (χ0v) is 36.4. The topological polar surface area (TPSA) is 65.8 Å². The maximum Gasteiger partial charge on any atom is 0.226 e. The van der Waals surface area contributed by atoms with Crippen molar-refractivity contribution in [3.63, 3.8) is 0 Å². The van der Waals surface area contributed by atoms with Crippen LogP contribution >= 0.6 is 0 Å². The molecule has 0 radical (unpaired) electrons. The number of para-hydroxylation sites is 4. The number of amidine groups is 2. The highest BCUT2D eigenvalue weighted by molar-refractivity contribution is 6.33. The summed E-state index contributed by atoms with van der Waals surface area (Å²) in [5, 5.41) is 14.4. The Hall–Kier alpha value is -9.24. The monoisotopic (exact) mass is 850 g/mol. The van der Waals surface area contributed by atoms with Crippen molar-refractivity contribution in [3.8, 4) is 28.4 Å². The van der Waals surface area contributed by atoms with E-state index in [1.807, 2.05) is 54.4 Å². The normalized spacial score (nSPS) is 14.4. The van der Waals surface area contributed by atoms with Gasteiger partial charge in [-0.2, -0.15) is 16.8 Å². The SMILES string of the molecule is [C-]#[N+]N=C1C2=C(c3ccc(-c4ccc(N(c5ccccc5)c5ccccc5)cc4)cc3)N(C)C(=NC#N)C2=C(c2ccc(-c3ccc(N(c4ccccc4)c4ccccc4)cc3)cc2)N1C. The van der Waals surface area contributed by atoms with Gasteiger partial charge in [0.15, 0.2) is 5.84 Å². The summed E-state index contributed by atoms with van der Waals surface area (Å²) in [6, 6.07) is 75.5. The van der Waals surface area contributed by atoms with Gasteiger partial charge in [-0.05, 0) is 106 Å². The Bertz CT molecular complexity index is 2930. The van der Waals surface area contributed by atoms with E-state index in [1.165, 1.54) is 0 Å². The molecule has 2 aliphatic heterocycles. The van der Waals surface area contributed by atoms with E-state index in [9.17, 15) is 5.26 Å². The van der Waals surface area contributed by atoms with Crippen molar-refractivity contribution >= 4 is 57.2 Å². The number of nitrogens with zero attached hydrogens (tertiary/aromatic N) is 8. The number of aliphatic imine (C=N–C) groups is 1. The molecule has 8 heteroatoms. The van der Waals surface area contributed by atoms with Crippen LogP contribution in [0.5, 0.6) is 0 Å². The number of hydrogen-bond donors (Lipinski definition) is 0. The van der Waals surface area contributed by atoms with E-state index in [1.54, 1.807) is 0 Å². The average Bonchev–Trinajstić information content (AvgIpc) is 3.81. The fraction of sp³-hybridized carbons (Fsp3) is 0.0345. The second-order valence-corrected chi connectivity index (χ2v) is 15.9. The fourth-order valence-electron chi connectivity index (χ4n) is 9.02. The number of benzene rings is 8. The fourth-order valence-corrected chi connectivity index (χ4v) is 9.02. The summed E-state index contributed by atoms with van der Waals surface area (Å²) in [5.41, 5.74) is 15.7. The third-order valence-electron chi connectivity index (χ3n) is 12.1. The molecule has 2 heterocycles. The van der Waals surface area contributed by atoms with Crippen LogP contribution in [0.3, 0.4) is 0 Å². The Morgan fingerprint density at radius 1 is 0.394 bits per heavy atom. The summed E-state index contributed by atoms with van der Waals surface area (Å²) in [6.45, 7) is 7.82. The van der Waals surface area contributed by atoms with Crippen molar-refractivity contribution in [1.29, 1.82) is 5.26 Å². The van der Waals surface area contributed by atoms with Crippen molar-refractivity contribution in [3.05, 3.63) is 252 Å². The highest BCUT2D eigenvalue weighted by Gasteiger charge is 2.45. The van der Waals surface area contributed by atoms with Gasteiger partial charge in [0.25, 0.3) is 0 Å². The number of hydrogen-bond acceptors (Lipinski definition) is 5. The minimum atomic E-state index is 0.502. The zero-order valence-electron chi connectivity index (χ0n) is 36.4. The largest absolute Gasteiger partial charge is 0.327 e. The molecule has 0 bridgehead atoms. The number of rotatable bonds is 10. The van der Waals surface area contributed by atoms with Gasteiger partial charge < -0.3 is 19.6 Å². The first kappa shape index (κ1) is 40.8. The molecule has 10 rings (SSSR count). The molecule has 0 saturated carbocycles. The number of fused-ring (bicyclic) bond motifs is 1. The molecule has 0 aromatic heterocycles. The Labute approximate surface area is 385 Å². The lowest BCUT2D eigenvalue weighted by molar-refractivity contribution is 0.710. The maximum atomic E-state index is 10.0. The van der Waals surface area contributed by atoms with Crippen LogP contribution in [0.4, 0.5) is 34.1 Å². The van der Waals surface area contributed by atoms with Crippen molar-refractivity contribution in [2.45, 2.75) is 0 Å². The predicted molar refractivity (Wildman–Crippen MR) is 270 cm³/mol. The van der Waals surface area contributed by atoms with Gasteiger partial charge in [-0.15, -0.1) is 4.95 Å². The van der Waals surface area contributed by atoms with E-state index in [0.717, 1.165) is 90.0 Å². The molecule has 8 nitrogen and oxygen atoms in total. The molecule has 66 heavy (non-hydrogen) atoms. The molecule has 314 valence electrons. The summed E-state index contributed by atoms with van der Waals surface area (Å²) in [4.78, 5) is 16.3. The lowest BCUT2D eigenvalue weighted by atomic mass is 9.98.